The molecule has 1 N–H and O–H groups in total. The van der Waals surface area contributed by atoms with Gasteiger partial charge in [-0.2, -0.15) is 13.2 Å². The summed E-state index contributed by atoms with van der Waals surface area (Å²) < 4.78 is 63.0. The van der Waals surface area contributed by atoms with Crippen LogP contribution in [-0.2, 0) is 21.0 Å². The second-order valence-electron chi connectivity index (χ2n) is 5.87. The van der Waals surface area contributed by atoms with Gasteiger partial charge in [0, 0.05) is 6.04 Å². The van der Waals surface area contributed by atoms with Crippen LogP contribution in [0.2, 0.25) is 0 Å². The van der Waals surface area contributed by atoms with Gasteiger partial charge in [-0.3, -0.25) is 9.10 Å². The number of amides is 1. The molecule has 0 heterocycles. The number of anilines is 1. The molecule has 1 amide bonds. The topological polar surface area (TPSA) is 66.5 Å². The maximum Gasteiger partial charge on any atom is 0.416 e. The number of nitrogens with zero attached hydrogens (tertiary/aromatic N) is 1. The van der Waals surface area contributed by atoms with Crippen molar-refractivity contribution in [3.8, 4) is 0 Å². The first kappa shape index (κ1) is 18.6. The van der Waals surface area contributed by atoms with Gasteiger partial charge in [-0.25, -0.2) is 8.42 Å². The molecule has 134 valence electrons. The molecule has 0 spiro atoms. The number of alkyl halides is 3. The van der Waals surface area contributed by atoms with E-state index in [4.69, 9.17) is 0 Å². The Hall–Kier alpha value is -1.77. The minimum Gasteiger partial charge on any atom is -0.352 e. The predicted molar refractivity (Wildman–Crippen MR) is 84.0 cm³/mol. The Morgan fingerprint density at radius 3 is 2.46 bits per heavy atom. The van der Waals surface area contributed by atoms with Gasteiger partial charge in [-0.1, -0.05) is 18.9 Å². The summed E-state index contributed by atoms with van der Waals surface area (Å²) in [5.41, 5.74) is -1.15. The SMILES string of the molecule is CS(=O)(=O)N(CC(=O)NC1CCCC1)c1cccc(C(F)(F)F)c1. The fourth-order valence-electron chi connectivity index (χ4n) is 2.71. The van der Waals surface area contributed by atoms with E-state index in [0.29, 0.717) is 4.31 Å². The molecular formula is C15H19F3N2O3S. The highest BCUT2D eigenvalue weighted by Crippen LogP contribution is 2.32. The van der Waals surface area contributed by atoms with E-state index in [9.17, 15) is 26.4 Å². The van der Waals surface area contributed by atoms with Crippen molar-refractivity contribution in [2.24, 2.45) is 0 Å². The lowest BCUT2D eigenvalue weighted by atomic mass is 10.2. The average molecular weight is 364 g/mol. The number of hydrogen-bond acceptors (Lipinski definition) is 3. The molecule has 0 radical (unpaired) electrons. The zero-order valence-electron chi connectivity index (χ0n) is 13.1. The molecule has 0 unspecified atom stereocenters. The molecule has 9 heteroatoms. The van der Waals surface area contributed by atoms with Crippen molar-refractivity contribution >= 4 is 21.6 Å². The lowest BCUT2D eigenvalue weighted by molar-refractivity contribution is -0.137. The summed E-state index contributed by atoms with van der Waals surface area (Å²) in [6, 6.07) is 3.93. The Kier molecular flexibility index (Phi) is 5.42. The van der Waals surface area contributed by atoms with Crippen LogP contribution >= 0.6 is 0 Å². The predicted octanol–water partition coefficient (Wildman–Crippen LogP) is 2.53. The molecule has 1 aromatic carbocycles. The fourth-order valence-corrected chi connectivity index (χ4v) is 3.56. The molecule has 1 aliphatic rings. The van der Waals surface area contributed by atoms with Crippen LogP contribution in [0, 0.1) is 0 Å². The van der Waals surface area contributed by atoms with E-state index in [2.05, 4.69) is 5.32 Å². The summed E-state index contributed by atoms with van der Waals surface area (Å²) in [6.45, 7) is -0.545. The summed E-state index contributed by atoms with van der Waals surface area (Å²) in [5, 5.41) is 2.73. The van der Waals surface area contributed by atoms with Crippen LogP contribution < -0.4 is 9.62 Å². The molecule has 0 aromatic heterocycles. The fraction of sp³-hybridized carbons (Fsp3) is 0.533. The van der Waals surface area contributed by atoms with E-state index in [1.54, 1.807) is 0 Å². The third-order valence-corrected chi connectivity index (χ3v) is 5.01. The van der Waals surface area contributed by atoms with Gasteiger partial charge in [0.15, 0.2) is 0 Å². The maximum absolute atomic E-state index is 12.8. The van der Waals surface area contributed by atoms with Gasteiger partial charge in [0.1, 0.15) is 6.54 Å². The molecule has 5 nitrogen and oxygen atoms in total. The van der Waals surface area contributed by atoms with Crippen molar-refractivity contribution < 1.29 is 26.4 Å². The highest BCUT2D eigenvalue weighted by atomic mass is 32.2. The quantitative estimate of drug-likeness (QED) is 0.873. The number of nitrogens with one attached hydrogen (secondary N) is 1. The lowest BCUT2D eigenvalue weighted by Crippen LogP contribution is -2.43. The number of halogens is 3. The van der Waals surface area contributed by atoms with Crippen LogP contribution in [0.4, 0.5) is 18.9 Å². The largest absolute Gasteiger partial charge is 0.416 e. The molecule has 2 rings (SSSR count). The molecule has 1 aromatic rings. The number of carbonyl (C=O) groups excluding carboxylic acids is 1. The molecule has 1 aliphatic carbocycles. The van der Waals surface area contributed by atoms with Crippen molar-refractivity contribution in [1.82, 2.24) is 5.32 Å². The lowest BCUT2D eigenvalue weighted by Gasteiger charge is -2.23. The highest BCUT2D eigenvalue weighted by Gasteiger charge is 2.32. The summed E-state index contributed by atoms with van der Waals surface area (Å²) >= 11 is 0. The average Bonchev–Trinajstić information content (AvgIpc) is 2.95. The number of benzene rings is 1. The van der Waals surface area contributed by atoms with E-state index in [-0.39, 0.29) is 11.7 Å². The Balaban J connectivity index is 2.21. The van der Waals surface area contributed by atoms with Gasteiger partial charge in [-0.05, 0) is 31.0 Å². The summed E-state index contributed by atoms with van der Waals surface area (Å²) in [4.78, 5) is 12.1. The minimum atomic E-state index is -4.59. The van der Waals surface area contributed by atoms with Gasteiger partial charge in [0.25, 0.3) is 0 Å². The highest BCUT2D eigenvalue weighted by molar-refractivity contribution is 7.92. The van der Waals surface area contributed by atoms with Crippen LogP contribution in [0.5, 0.6) is 0 Å². The molecular weight excluding hydrogens is 345 g/mol. The van der Waals surface area contributed by atoms with Crippen LogP contribution in [0.25, 0.3) is 0 Å². The molecule has 1 fully saturated rings. The molecule has 0 aliphatic heterocycles. The molecule has 24 heavy (non-hydrogen) atoms. The molecule has 0 saturated heterocycles. The number of sulfonamides is 1. The van der Waals surface area contributed by atoms with Crippen LogP contribution in [0.3, 0.4) is 0 Å². The first-order valence-corrected chi connectivity index (χ1v) is 9.36. The van der Waals surface area contributed by atoms with Crippen molar-refractivity contribution in [3.05, 3.63) is 29.8 Å². The molecule has 0 atom stereocenters. The number of rotatable bonds is 5. The van der Waals surface area contributed by atoms with Crippen molar-refractivity contribution in [3.63, 3.8) is 0 Å². The second-order valence-corrected chi connectivity index (χ2v) is 7.77. The first-order chi connectivity index (χ1) is 11.1. The van der Waals surface area contributed by atoms with Crippen molar-refractivity contribution in [2.45, 2.75) is 37.9 Å². The Labute approximate surface area is 138 Å². The van der Waals surface area contributed by atoms with E-state index in [0.717, 1.165) is 50.1 Å². The summed E-state index contributed by atoms with van der Waals surface area (Å²) in [7, 11) is -3.90. The summed E-state index contributed by atoms with van der Waals surface area (Å²) in [6.07, 6.45) is -0.0908. The monoisotopic (exact) mass is 364 g/mol. The maximum atomic E-state index is 12.8. The van der Waals surface area contributed by atoms with Crippen LogP contribution in [0.1, 0.15) is 31.2 Å². The van der Waals surface area contributed by atoms with E-state index in [1.807, 2.05) is 0 Å². The Morgan fingerprint density at radius 1 is 1.29 bits per heavy atom. The second kappa shape index (κ2) is 7.00. The van der Waals surface area contributed by atoms with E-state index in [1.165, 1.54) is 6.07 Å². The normalized spacial score (nSPS) is 16.2. The summed E-state index contributed by atoms with van der Waals surface area (Å²) in [5.74, 6) is -0.523. The zero-order chi connectivity index (χ0) is 18.0. The van der Waals surface area contributed by atoms with E-state index < -0.39 is 34.2 Å². The van der Waals surface area contributed by atoms with Gasteiger partial charge in [-0.15, -0.1) is 0 Å². The first-order valence-electron chi connectivity index (χ1n) is 7.52. The van der Waals surface area contributed by atoms with Gasteiger partial charge >= 0.3 is 6.18 Å². The smallest absolute Gasteiger partial charge is 0.352 e. The third-order valence-electron chi connectivity index (χ3n) is 3.87. The van der Waals surface area contributed by atoms with Crippen molar-refractivity contribution in [1.29, 1.82) is 0 Å². The van der Waals surface area contributed by atoms with E-state index >= 15 is 0 Å². The van der Waals surface area contributed by atoms with Gasteiger partial charge in [0.2, 0.25) is 15.9 Å². The third kappa shape index (κ3) is 4.86. The van der Waals surface area contributed by atoms with Gasteiger partial charge < -0.3 is 5.32 Å². The molecule has 0 bridgehead atoms. The standard InChI is InChI=1S/C15H19F3N2O3S/c1-24(22,23)20(10-14(21)19-12-6-2-3-7-12)13-8-4-5-11(9-13)15(16,17)18/h4-5,8-9,12H,2-3,6-7,10H2,1H3,(H,19,21). The Morgan fingerprint density at radius 2 is 1.92 bits per heavy atom. The Bertz CT molecular complexity index is 698. The number of carbonyl (C=O) groups is 1. The van der Waals surface area contributed by atoms with Crippen molar-refractivity contribution in [2.75, 3.05) is 17.1 Å². The van der Waals surface area contributed by atoms with Gasteiger partial charge in [0.05, 0.1) is 17.5 Å². The van der Waals surface area contributed by atoms with Crippen LogP contribution in [-0.4, -0.2) is 33.2 Å². The number of hydrogen-bond donors (Lipinski definition) is 1. The zero-order valence-corrected chi connectivity index (χ0v) is 14.0. The van der Waals surface area contributed by atoms with Crippen LogP contribution in [0.15, 0.2) is 24.3 Å². The minimum absolute atomic E-state index is 0.000389. The molecule has 1 saturated carbocycles.